The molecule has 0 aromatic carbocycles. The molecule has 2 heterocycles. The summed E-state index contributed by atoms with van der Waals surface area (Å²) in [6.45, 7) is 1.67. The molecule has 0 radical (unpaired) electrons. The number of alkyl halides is 3. The number of hydrogen-bond donors (Lipinski definition) is 1. The van der Waals surface area contributed by atoms with Gasteiger partial charge in [0.25, 0.3) is 0 Å². The minimum Gasteiger partial charge on any atom is -0.290 e. The van der Waals surface area contributed by atoms with E-state index in [1.54, 1.807) is 0 Å². The SMILES string of the molecule is CN1CC(CF)CCC1N1CCC(I)[C@@H](Cl)N1. The molecule has 0 aliphatic carbocycles. The molecule has 2 rings (SSSR count). The van der Waals surface area contributed by atoms with Gasteiger partial charge in [-0.25, -0.2) is 10.4 Å². The molecule has 0 saturated carbocycles. The van der Waals surface area contributed by atoms with Crippen molar-refractivity contribution in [2.75, 3.05) is 26.8 Å². The van der Waals surface area contributed by atoms with Crippen molar-refractivity contribution < 1.29 is 4.39 Å². The highest BCUT2D eigenvalue weighted by molar-refractivity contribution is 14.1. The average Bonchev–Trinajstić information content (AvgIpc) is 2.32. The van der Waals surface area contributed by atoms with E-state index in [4.69, 9.17) is 11.6 Å². The van der Waals surface area contributed by atoms with Gasteiger partial charge in [-0.05, 0) is 26.3 Å². The molecule has 4 atom stereocenters. The van der Waals surface area contributed by atoms with E-state index in [0.717, 1.165) is 32.4 Å². The summed E-state index contributed by atoms with van der Waals surface area (Å²) in [5, 5.41) is 2.24. The van der Waals surface area contributed by atoms with Crippen LogP contribution in [0.2, 0.25) is 0 Å². The molecule has 0 spiro atoms. The van der Waals surface area contributed by atoms with Crippen molar-refractivity contribution in [2.45, 2.75) is 34.9 Å². The lowest BCUT2D eigenvalue weighted by Gasteiger charge is -2.46. The summed E-state index contributed by atoms with van der Waals surface area (Å²) in [6.07, 6.45) is 3.47. The Morgan fingerprint density at radius 2 is 2.18 bits per heavy atom. The molecule has 3 nitrogen and oxygen atoms in total. The van der Waals surface area contributed by atoms with Crippen LogP contribution in [0.5, 0.6) is 0 Å². The van der Waals surface area contributed by atoms with Crippen molar-refractivity contribution in [3.63, 3.8) is 0 Å². The largest absolute Gasteiger partial charge is 0.290 e. The molecule has 0 aromatic heterocycles. The standard InChI is InChI=1S/C11H20ClFIN3/c1-16-7-8(6-13)2-3-10(16)17-5-4-9(14)11(12)15-17/h8-11,15H,2-7H2,1H3/t8?,9?,10?,11-/m0/s1. The number of nitrogens with one attached hydrogen (secondary N) is 1. The van der Waals surface area contributed by atoms with Gasteiger partial charge in [0.15, 0.2) is 0 Å². The summed E-state index contributed by atoms with van der Waals surface area (Å²) < 4.78 is 13.1. The van der Waals surface area contributed by atoms with Gasteiger partial charge >= 0.3 is 0 Å². The van der Waals surface area contributed by atoms with E-state index in [1.807, 2.05) is 0 Å². The molecular weight excluding hydrogens is 355 g/mol. The Bertz CT molecular complexity index is 259. The molecule has 2 fully saturated rings. The van der Waals surface area contributed by atoms with Crippen molar-refractivity contribution in [2.24, 2.45) is 5.92 Å². The Morgan fingerprint density at radius 1 is 1.41 bits per heavy atom. The maximum atomic E-state index is 12.7. The fourth-order valence-electron chi connectivity index (χ4n) is 2.69. The summed E-state index contributed by atoms with van der Waals surface area (Å²) in [6, 6.07) is 0. The van der Waals surface area contributed by atoms with E-state index in [2.05, 4.69) is 45.0 Å². The maximum Gasteiger partial charge on any atom is 0.107 e. The van der Waals surface area contributed by atoms with E-state index in [-0.39, 0.29) is 18.1 Å². The molecule has 0 aromatic rings. The third-order valence-corrected chi connectivity index (χ3v) is 5.89. The van der Waals surface area contributed by atoms with Crippen LogP contribution in [0.3, 0.4) is 0 Å². The third kappa shape index (κ3) is 3.43. The average molecular weight is 376 g/mol. The predicted octanol–water partition coefficient (Wildman–Crippen LogP) is 2.20. The summed E-state index contributed by atoms with van der Waals surface area (Å²) in [5.74, 6) is 0.213. The smallest absolute Gasteiger partial charge is 0.107 e. The highest BCUT2D eigenvalue weighted by atomic mass is 127. The second-order valence-corrected chi connectivity index (χ2v) is 7.12. The van der Waals surface area contributed by atoms with Crippen molar-refractivity contribution in [3.05, 3.63) is 0 Å². The normalized spacial score (nSPS) is 41.6. The summed E-state index contributed by atoms with van der Waals surface area (Å²) in [4.78, 5) is 2.25. The van der Waals surface area contributed by atoms with Crippen LogP contribution in [-0.2, 0) is 0 Å². The highest BCUT2D eigenvalue weighted by Crippen LogP contribution is 2.27. The van der Waals surface area contributed by atoms with E-state index in [1.165, 1.54) is 0 Å². The van der Waals surface area contributed by atoms with Gasteiger partial charge in [-0.3, -0.25) is 9.29 Å². The highest BCUT2D eigenvalue weighted by Gasteiger charge is 2.34. The van der Waals surface area contributed by atoms with Gasteiger partial charge in [0.2, 0.25) is 0 Å². The Morgan fingerprint density at radius 3 is 2.76 bits per heavy atom. The van der Waals surface area contributed by atoms with Crippen molar-refractivity contribution in [3.8, 4) is 0 Å². The lowest BCUT2D eigenvalue weighted by Crippen LogP contribution is -2.61. The molecule has 0 amide bonds. The van der Waals surface area contributed by atoms with Gasteiger partial charge in [0, 0.05) is 22.9 Å². The van der Waals surface area contributed by atoms with E-state index < -0.39 is 0 Å². The molecular formula is C11H20ClFIN3. The summed E-state index contributed by atoms with van der Waals surface area (Å²) in [5.41, 5.74) is 3.37. The predicted molar refractivity (Wildman–Crippen MR) is 77.0 cm³/mol. The zero-order valence-corrected chi connectivity index (χ0v) is 13.0. The molecule has 6 heteroatoms. The van der Waals surface area contributed by atoms with Crippen LogP contribution in [-0.4, -0.2) is 52.3 Å². The minimum absolute atomic E-state index is 0.0108. The fourth-order valence-corrected chi connectivity index (χ4v) is 3.38. The summed E-state index contributed by atoms with van der Waals surface area (Å²) >= 11 is 8.64. The molecule has 2 saturated heterocycles. The molecule has 3 unspecified atom stereocenters. The molecule has 2 aliphatic rings. The van der Waals surface area contributed by atoms with Gasteiger partial charge in [0.05, 0.1) is 12.8 Å². The Hall–Kier alpha value is 0.830. The Labute approximate surface area is 121 Å². The molecule has 1 N–H and O–H groups in total. The third-order valence-electron chi connectivity index (χ3n) is 3.72. The second kappa shape index (κ2) is 6.32. The molecule has 17 heavy (non-hydrogen) atoms. The van der Waals surface area contributed by atoms with Crippen LogP contribution in [0.1, 0.15) is 19.3 Å². The van der Waals surface area contributed by atoms with Crippen LogP contribution in [0, 0.1) is 5.92 Å². The molecule has 0 bridgehead atoms. The Kier molecular flexibility index (Phi) is 5.30. The Balaban J connectivity index is 1.90. The van der Waals surface area contributed by atoms with Gasteiger partial charge in [-0.15, -0.1) is 11.6 Å². The van der Waals surface area contributed by atoms with E-state index in [9.17, 15) is 4.39 Å². The number of piperidine rings is 1. The molecule has 2 aliphatic heterocycles. The number of rotatable bonds is 2. The molecule has 100 valence electrons. The number of hydrogen-bond acceptors (Lipinski definition) is 3. The van der Waals surface area contributed by atoms with Gasteiger partial charge in [-0.2, -0.15) is 0 Å². The minimum atomic E-state index is -0.196. The monoisotopic (exact) mass is 375 g/mol. The van der Waals surface area contributed by atoms with Crippen molar-refractivity contribution in [1.29, 1.82) is 0 Å². The van der Waals surface area contributed by atoms with Gasteiger partial charge in [-0.1, -0.05) is 22.6 Å². The number of nitrogens with zero attached hydrogens (tertiary/aromatic N) is 2. The lowest BCUT2D eigenvalue weighted by molar-refractivity contribution is -0.0362. The first kappa shape index (κ1) is 14.2. The van der Waals surface area contributed by atoms with Crippen LogP contribution < -0.4 is 5.43 Å². The van der Waals surface area contributed by atoms with Crippen LogP contribution in [0.15, 0.2) is 0 Å². The summed E-state index contributed by atoms with van der Waals surface area (Å²) in [7, 11) is 2.08. The zero-order valence-electron chi connectivity index (χ0n) is 10.1. The van der Waals surface area contributed by atoms with E-state index >= 15 is 0 Å². The van der Waals surface area contributed by atoms with Gasteiger partial charge in [0.1, 0.15) is 5.50 Å². The lowest BCUT2D eigenvalue weighted by atomic mass is 9.97. The van der Waals surface area contributed by atoms with Crippen LogP contribution in [0.4, 0.5) is 4.39 Å². The zero-order chi connectivity index (χ0) is 12.4. The van der Waals surface area contributed by atoms with Crippen LogP contribution >= 0.6 is 34.2 Å². The maximum absolute atomic E-state index is 12.7. The first-order chi connectivity index (χ1) is 8.11. The number of halogens is 3. The quantitative estimate of drug-likeness (QED) is 0.453. The topological polar surface area (TPSA) is 18.5 Å². The first-order valence-electron chi connectivity index (χ1n) is 6.19. The van der Waals surface area contributed by atoms with Crippen molar-refractivity contribution in [1.82, 2.24) is 15.3 Å². The van der Waals surface area contributed by atoms with Crippen molar-refractivity contribution >= 4 is 34.2 Å². The van der Waals surface area contributed by atoms with Gasteiger partial charge < -0.3 is 0 Å². The second-order valence-electron chi connectivity index (χ2n) is 5.05. The number of hydrazine groups is 1. The van der Waals surface area contributed by atoms with E-state index in [0.29, 0.717) is 10.1 Å². The number of likely N-dealkylation sites (tertiary alicyclic amines) is 1. The fraction of sp³-hybridized carbons (Fsp3) is 1.00. The van der Waals surface area contributed by atoms with Crippen LogP contribution in [0.25, 0.3) is 0 Å². The first-order valence-corrected chi connectivity index (χ1v) is 7.87.